The number of benzene rings is 2. The predicted octanol–water partition coefficient (Wildman–Crippen LogP) is 4.29. The fourth-order valence-corrected chi connectivity index (χ4v) is 4.37. The van der Waals surface area contributed by atoms with Crippen LogP contribution in [0, 0.1) is 11.3 Å². The van der Waals surface area contributed by atoms with Gasteiger partial charge in [-0.25, -0.2) is 0 Å². The summed E-state index contributed by atoms with van der Waals surface area (Å²) >= 11 is 0. The number of fused-ring (bicyclic) bond motifs is 1. The molecule has 1 unspecified atom stereocenters. The van der Waals surface area contributed by atoms with Crippen LogP contribution in [-0.4, -0.2) is 17.2 Å². The SMILES string of the molecule is CCC[C@@]1(O)c2c(OC)cncc2OC1(c1ccccc1)c1ccc(C#N)cc1. The Bertz CT molecular complexity index is 1060. The maximum absolute atomic E-state index is 12.3. The lowest BCUT2D eigenvalue weighted by Gasteiger charge is -2.42. The van der Waals surface area contributed by atoms with Gasteiger partial charge >= 0.3 is 0 Å². The minimum absolute atomic E-state index is 0.454. The van der Waals surface area contributed by atoms with Crippen LogP contribution in [0.4, 0.5) is 0 Å². The average Bonchev–Trinajstić information content (AvgIpc) is 3.04. The molecule has 2 heterocycles. The van der Waals surface area contributed by atoms with E-state index in [0.717, 1.165) is 17.5 Å². The predicted molar refractivity (Wildman–Crippen MR) is 109 cm³/mol. The van der Waals surface area contributed by atoms with Crippen molar-refractivity contribution in [3.05, 3.63) is 89.2 Å². The molecule has 0 amide bonds. The minimum atomic E-state index is -1.39. The second-order valence-corrected chi connectivity index (χ2v) is 7.16. The number of aliphatic hydroxyl groups is 1. The Balaban J connectivity index is 2.06. The first-order chi connectivity index (χ1) is 14.1. The van der Waals surface area contributed by atoms with Gasteiger partial charge in [0.2, 0.25) is 0 Å². The third-order valence-corrected chi connectivity index (χ3v) is 5.57. The number of pyridine rings is 1. The van der Waals surface area contributed by atoms with Gasteiger partial charge in [0.25, 0.3) is 0 Å². The molecule has 4 rings (SSSR count). The van der Waals surface area contributed by atoms with E-state index in [-0.39, 0.29) is 0 Å². The molecule has 1 aromatic heterocycles. The van der Waals surface area contributed by atoms with E-state index in [1.165, 1.54) is 0 Å². The van der Waals surface area contributed by atoms with Crippen molar-refractivity contribution in [3.63, 3.8) is 0 Å². The van der Waals surface area contributed by atoms with E-state index in [4.69, 9.17) is 9.47 Å². The fraction of sp³-hybridized carbons (Fsp3) is 0.250. The molecule has 5 heteroatoms. The number of nitriles is 1. The zero-order valence-electron chi connectivity index (χ0n) is 16.4. The maximum atomic E-state index is 12.3. The molecule has 0 spiro atoms. The first-order valence-electron chi connectivity index (χ1n) is 9.60. The van der Waals surface area contributed by atoms with Crippen LogP contribution in [-0.2, 0) is 11.2 Å². The zero-order valence-corrected chi connectivity index (χ0v) is 16.4. The Labute approximate surface area is 170 Å². The summed E-state index contributed by atoms with van der Waals surface area (Å²) in [4.78, 5) is 4.23. The maximum Gasteiger partial charge on any atom is 0.192 e. The molecule has 146 valence electrons. The van der Waals surface area contributed by atoms with Crippen LogP contribution < -0.4 is 9.47 Å². The number of hydrogen-bond donors (Lipinski definition) is 1. The standard InChI is InChI=1S/C24H22N2O3/c1-3-13-23(27)22-20(28-2)15-26-16-21(22)29-24(23,18-7-5-4-6-8-18)19-11-9-17(14-25)10-12-19/h4-12,15-16,27H,3,13H2,1-2H3/t23-,24?/m1/s1. The van der Waals surface area contributed by atoms with Crippen LogP contribution in [0.3, 0.4) is 0 Å². The smallest absolute Gasteiger partial charge is 0.192 e. The number of methoxy groups -OCH3 is 1. The molecule has 0 aliphatic carbocycles. The molecule has 0 radical (unpaired) electrons. The molecule has 0 saturated heterocycles. The number of hydrogen-bond acceptors (Lipinski definition) is 5. The van der Waals surface area contributed by atoms with E-state index in [1.54, 1.807) is 31.6 Å². The third-order valence-electron chi connectivity index (χ3n) is 5.57. The molecule has 1 N–H and O–H groups in total. The van der Waals surface area contributed by atoms with Crippen molar-refractivity contribution >= 4 is 0 Å². The highest BCUT2D eigenvalue weighted by Crippen LogP contribution is 2.60. The van der Waals surface area contributed by atoms with Gasteiger partial charge in [0, 0.05) is 11.1 Å². The number of ether oxygens (including phenoxy) is 2. The summed E-state index contributed by atoms with van der Waals surface area (Å²) in [5, 5.41) is 21.5. The molecule has 0 saturated carbocycles. The largest absolute Gasteiger partial charge is 0.495 e. The van der Waals surface area contributed by atoms with E-state index in [2.05, 4.69) is 11.1 Å². The second-order valence-electron chi connectivity index (χ2n) is 7.16. The average molecular weight is 386 g/mol. The summed E-state index contributed by atoms with van der Waals surface area (Å²) in [6.45, 7) is 2.03. The van der Waals surface area contributed by atoms with Gasteiger partial charge in [-0.15, -0.1) is 0 Å². The highest BCUT2D eigenvalue weighted by molar-refractivity contribution is 5.58. The Morgan fingerprint density at radius 2 is 1.76 bits per heavy atom. The molecule has 2 aromatic carbocycles. The Hall–Kier alpha value is -3.36. The molecule has 1 aliphatic heterocycles. The van der Waals surface area contributed by atoms with Crippen LogP contribution in [0.25, 0.3) is 0 Å². The van der Waals surface area contributed by atoms with Crippen LogP contribution in [0.15, 0.2) is 67.0 Å². The van der Waals surface area contributed by atoms with Gasteiger partial charge in [-0.2, -0.15) is 5.26 Å². The minimum Gasteiger partial charge on any atom is -0.495 e. The number of aromatic nitrogens is 1. The van der Waals surface area contributed by atoms with Gasteiger partial charge in [0.1, 0.15) is 17.1 Å². The van der Waals surface area contributed by atoms with Crippen molar-refractivity contribution in [1.29, 1.82) is 5.26 Å². The van der Waals surface area contributed by atoms with Crippen molar-refractivity contribution in [2.24, 2.45) is 0 Å². The van der Waals surface area contributed by atoms with Crippen molar-refractivity contribution in [2.45, 2.75) is 31.0 Å². The molecule has 0 bridgehead atoms. The van der Waals surface area contributed by atoms with Crippen molar-refractivity contribution in [1.82, 2.24) is 4.98 Å². The Morgan fingerprint density at radius 1 is 1.07 bits per heavy atom. The molecular formula is C24H22N2O3. The molecule has 3 aromatic rings. The molecule has 1 aliphatic rings. The third kappa shape index (κ3) is 2.68. The van der Waals surface area contributed by atoms with Gasteiger partial charge in [-0.3, -0.25) is 4.98 Å². The molecule has 2 atom stereocenters. The Kier molecular flexibility index (Phi) is 4.73. The van der Waals surface area contributed by atoms with E-state index in [9.17, 15) is 10.4 Å². The van der Waals surface area contributed by atoms with Crippen molar-refractivity contribution in [3.8, 4) is 17.6 Å². The van der Waals surface area contributed by atoms with Gasteiger partial charge < -0.3 is 14.6 Å². The number of rotatable bonds is 5. The lowest BCUT2D eigenvalue weighted by atomic mass is 9.69. The Morgan fingerprint density at radius 3 is 2.38 bits per heavy atom. The summed E-state index contributed by atoms with van der Waals surface area (Å²) in [5.74, 6) is 0.985. The van der Waals surface area contributed by atoms with Crippen LogP contribution >= 0.6 is 0 Å². The van der Waals surface area contributed by atoms with E-state index < -0.39 is 11.2 Å². The van der Waals surface area contributed by atoms with Gasteiger partial charge in [0.05, 0.1) is 36.7 Å². The van der Waals surface area contributed by atoms with E-state index in [0.29, 0.717) is 29.0 Å². The summed E-state index contributed by atoms with van der Waals surface area (Å²) in [5.41, 5.74) is 0.143. The molecule has 29 heavy (non-hydrogen) atoms. The van der Waals surface area contributed by atoms with Crippen LogP contribution in [0.1, 0.15) is 42.0 Å². The first kappa shape index (κ1) is 19.0. The van der Waals surface area contributed by atoms with Crippen molar-refractivity contribution < 1.29 is 14.6 Å². The summed E-state index contributed by atoms with van der Waals surface area (Å²) in [7, 11) is 1.56. The van der Waals surface area contributed by atoms with E-state index in [1.807, 2.05) is 49.4 Å². The fourth-order valence-electron chi connectivity index (χ4n) is 4.37. The highest BCUT2D eigenvalue weighted by Gasteiger charge is 2.62. The van der Waals surface area contributed by atoms with Gasteiger partial charge in [-0.05, 0) is 18.6 Å². The first-order valence-corrected chi connectivity index (χ1v) is 9.60. The van der Waals surface area contributed by atoms with Crippen molar-refractivity contribution in [2.75, 3.05) is 7.11 Å². The number of nitrogens with zero attached hydrogens (tertiary/aromatic N) is 2. The lowest BCUT2D eigenvalue weighted by Crippen LogP contribution is -2.50. The molecule has 5 nitrogen and oxygen atoms in total. The highest BCUT2D eigenvalue weighted by atomic mass is 16.5. The normalized spacial score (nSPS) is 22.4. The quantitative estimate of drug-likeness (QED) is 0.708. The van der Waals surface area contributed by atoms with Crippen LogP contribution in [0.5, 0.6) is 11.5 Å². The van der Waals surface area contributed by atoms with E-state index >= 15 is 0 Å². The molecular weight excluding hydrogens is 364 g/mol. The lowest BCUT2D eigenvalue weighted by molar-refractivity contribution is -0.103. The molecule has 0 fully saturated rings. The van der Waals surface area contributed by atoms with Crippen LogP contribution in [0.2, 0.25) is 0 Å². The summed E-state index contributed by atoms with van der Waals surface area (Å²) in [6, 6.07) is 19.0. The summed E-state index contributed by atoms with van der Waals surface area (Å²) < 4.78 is 12.1. The zero-order chi connectivity index (χ0) is 20.5. The monoisotopic (exact) mass is 386 g/mol. The second kappa shape index (κ2) is 7.23. The van der Waals surface area contributed by atoms with Gasteiger partial charge in [0.15, 0.2) is 5.60 Å². The van der Waals surface area contributed by atoms with Gasteiger partial charge in [-0.1, -0.05) is 55.8 Å². The summed E-state index contributed by atoms with van der Waals surface area (Å²) in [6.07, 6.45) is 4.40. The topological polar surface area (TPSA) is 75.4 Å².